The fourth-order valence-electron chi connectivity index (χ4n) is 1.61. The van der Waals surface area contributed by atoms with Crippen LogP contribution in [0.3, 0.4) is 0 Å². The average molecular weight is 232 g/mol. The highest BCUT2D eigenvalue weighted by atomic mass is 16.5. The number of benzene rings is 1. The Kier molecular flexibility index (Phi) is 3.23. The van der Waals surface area contributed by atoms with Crippen LogP contribution < -0.4 is 15.8 Å². The molecule has 0 spiro atoms. The van der Waals surface area contributed by atoms with Crippen molar-refractivity contribution in [3.05, 3.63) is 41.9 Å². The lowest BCUT2D eigenvalue weighted by Gasteiger charge is -2.08. The van der Waals surface area contributed by atoms with E-state index in [2.05, 4.69) is 5.32 Å². The fraction of sp³-hybridized carbons (Fsp3) is 0.231. The molecule has 0 aliphatic heterocycles. The molecule has 0 aliphatic carbocycles. The van der Waals surface area contributed by atoms with E-state index in [1.807, 2.05) is 31.2 Å². The summed E-state index contributed by atoms with van der Waals surface area (Å²) in [5.41, 5.74) is 7.35. The maximum absolute atomic E-state index is 5.76. The molecule has 4 nitrogen and oxygen atoms in total. The average Bonchev–Trinajstić information content (AvgIpc) is 2.72. The second kappa shape index (κ2) is 4.82. The Labute approximate surface area is 100 Å². The van der Waals surface area contributed by atoms with Gasteiger partial charge in [0.05, 0.1) is 13.7 Å². The van der Waals surface area contributed by atoms with Crippen LogP contribution in [0.1, 0.15) is 11.5 Å². The molecule has 0 atom stereocenters. The van der Waals surface area contributed by atoms with Crippen molar-refractivity contribution >= 4 is 11.4 Å². The predicted octanol–water partition coefficient (Wildman–Crippen LogP) is 2.79. The minimum atomic E-state index is 0.625. The Balaban J connectivity index is 2.05. The lowest BCUT2D eigenvalue weighted by molar-refractivity contribution is 0.415. The van der Waals surface area contributed by atoms with Gasteiger partial charge in [0.25, 0.3) is 0 Å². The first-order valence-electron chi connectivity index (χ1n) is 5.41. The highest BCUT2D eigenvalue weighted by Crippen LogP contribution is 2.22. The SMILES string of the molecule is COc1cc(N)cc(NCc2ccc(C)o2)c1. The van der Waals surface area contributed by atoms with Gasteiger partial charge in [-0.3, -0.25) is 0 Å². The van der Waals surface area contributed by atoms with Crippen molar-refractivity contribution in [1.82, 2.24) is 0 Å². The number of furan rings is 1. The molecule has 2 aromatic rings. The monoisotopic (exact) mass is 232 g/mol. The highest BCUT2D eigenvalue weighted by Gasteiger charge is 2.01. The molecule has 0 amide bonds. The summed E-state index contributed by atoms with van der Waals surface area (Å²) in [6, 6.07) is 9.43. The van der Waals surface area contributed by atoms with E-state index in [-0.39, 0.29) is 0 Å². The maximum Gasteiger partial charge on any atom is 0.123 e. The molecule has 0 aliphatic rings. The molecule has 0 saturated heterocycles. The molecule has 90 valence electrons. The van der Waals surface area contributed by atoms with Gasteiger partial charge in [0.2, 0.25) is 0 Å². The smallest absolute Gasteiger partial charge is 0.123 e. The second-order valence-corrected chi connectivity index (χ2v) is 3.86. The van der Waals surface area contributed by atoms with Crippen LogP contribution >= 0.6 is 0 Å². The van der Waals surface area contributed by atoms with Crippen LogP contribution in [-0.4, -0.2) is 7.11 Å². The highest BCUT2D eigenvalue weighted by molar-refractivity contribution is 5.59. The third kappa shape index (κ3) is 2.93. The van der Waals surface area contributed by atoms with E-state index >= 15 is 0 Å². The van der Waals surface area contributed by atoms with Crippen LogP contribution in [0.25, 0.3) is 0 Å². The van der Waals surface area contributed by atoms with Gasteiger partial charge in [-0.1, -0.05) is 0 Å². The van der Waals surface area contributed by atoms with E-state index in [0.29, 0.717) is 12.2 Å². The molecule has 4 heteroatoms. The van der Waals surface area contributed by atoms with E-state index in [9.17, 15) is 0 Å². The number of nitrogen functional groups attached to an aromatic ring is 1. The third-order valence-electron chi connectivity index (χ3n) is 2.43. The number of ether oxygens (including phenoxy) is 1. The minimum Gasteiger partial charge on any atom is -0.497 e. The summed E-state index contributed by atoms with van der Waals surface area (Å²) in [7, 11) is 1.62. The van der Waals surface area contributed by atoms with Crippen molar-refractivity contribution in [2.45, 2.75) is 13.5 Å². The lowest BCUT2D eigenvalue weighted by atomic mass is 10.2. The first-order chi connectivity index (χ1) is 8.17. The number of nitrogens with one attached hydrogen (secondary N) is 1. The van der Waals surface area contributed by atoms with Gasteiger partial charge in [-0.2, -0.15) is 0 Å². The van der Waals surface area contributed by atoms with Crippen molar-refractivity contribution in [1.29, 1.82) is 0 Å². The van der Waals surface area contributed by atoms with Crippen molar-refractivity contribution in [3.63, 3.8) is 0 Å². The van der Waals surface area contributed by atoms with Crippen LogP contribution in [0.5, 0.6) is 5.75 Å². The van der Waals surface area contributed by atoms with Gasteiger partial charge < -0.3 is 20.2 Å². The van der Waals surface area contributed by atoms with E-state index < -0.39 is 0 Å². The normalized spacial score (nSPS) is 10.2. The van der Waals surface area contributed by atoms with Crippen LogP contribution in [0, 0.1) is 6.92 Å². The molecule has 0 bridgehead atoms. The summed E-state index contributed by atoms with van der Waals surface area (Å²) in [4.78, 5) is 0. The van der Waals surface area contributed by atoms with Crippen molar-refractivity contribution in [2.75, 3.05) is 18.2 Å². The summed E-state index contributed by atoms with van der Waals surface area (Å²) in [6.07, 6.45) is 0. The number of aryl methyl sites for hydroxylation is 1. The molecule has 2 rings (SSSR count). The van der Waals surface area contributed by atoms with Crippen LogP contribution in [0.15, 0.2) is 34.7 Å². The van der Waals surface area contributed by atoms with Gasteiger partial charge in [0.15, 0.2) is 0 Å². The van der Waals surface area contributed by atoms with E-state index in [1.54, 1.807) is 13.2 Å². The summed E-state index contributed by atoms with van der Waals surface area (Å²) in [6.45, 7) is 2.55. The van der Waals surface area contributed by atoms with Crippen LogP contribution in [-0.2, 0) is 6.54 Å². The van der Waals surface area contributed by atoms with E-state index in [1.165, 1.54) is 0 Å². The molecule has 1 aromatic carbocycles. The standard InChI is InChI=1S/C13H16N2O2/c1-9-3-4-12(17-9)8-15-11-5-10(14)6-13(7-11)16-2/h3-7,15H,8,14H2,1-2H3. The number of rotatable bonds is 4. The van der Waals surface area contributed by atoms with Gasteiger partial charge in [-0.05, 0) is 25.1 Å². The molecule has 0 fully saturated rings. The minimum absolute atomic E-state index is 0.625. The van der Waals surface area contributed by atoms with Crippen LogP contribution in [0.2, 0.25) is 0 Å². The largest absolute Gasteiger partial charge is 0.497 e. The van der Waals surface area contributed by atoms with Crippen molar-refractivity contribution < 1.29 is 9.15 Å². The first-order valence-corrected chi connectivity index (χ1v) is 5.41. The zero-order chi connectivity index (χ0) is 12.3. The quantitative estimate of drug-likeness (QED) is 0.796. The van der Waals surface area contributed by atoms with Gasteiger partial charge in [0, 0.05) is 23.5 Å². The molecule has 0 saturated carbocycles. The topological polar surface area (TPSA) is 60.4 Å². The van der Waals surface area contributed by atoms with Crippen molar-refractivity contribution in [3.8, 4) is 5.75 Å². The number of hydrogen-bond donors (Lipinski definition) is 2. The molecule has 17 heavy (non-hydrogen) atoms. The molecule has 3 N–H and O–H groups in total. The van der Waals surface area contributed by atoms with E-state index in [4.69, 9.17) is 14.9 Å². The predicted molar refractivity (Wildman–Crippen MR) is 68.2 cm³/mol. The number of anilines is 2. The van der Waals surface area contributed by atoms with Crippen molar-refractivity contribution in [2.24, 2.45) is 0 Å². The Bertz CT molecular complexity index is 506. The Morgan fingerprint density at radius 2 is 2.12 bits per heavy atom. The number of nitrogens with two attached hydrogens (primary N) is 1. The zero-order valence-electron chi connectivity index (χ0n) is 9.99. The number of methoxy groups -OCH3 is 1. The van der Waals surface area contributed by atoms with Gasteiger partial charge in [-0.25, -0.2) is 0 Å². The Morgan fingerprint density at radius 1 is 1.29 bits per heavy atom. The van der Waals surface area contributed by atoms with Gasteiger partial charge >= 0.3 is 0 Å². The Morgan fingerprint density at radius 3 is 2.76 bits per heavy atom. The molecular weight excluding hydrogens is 216 g/mol. The third-order valence-corrected chi connectivity index (χ3v) is 2.43. The van der Waals surface area contributed by atoms with Crippen LogP contribution in [0.4, 0.5) is 11.4 Å². The lowest BCUT2D eigenvalue weighted by Crippen LogP contribution is -1.99. The Hall–Kier alpha value is -2.10. The number of hydrogen-bond acceptors (Lipinski definition) is 4. The molecule has 1 aromatic heterocycles. The summed E-state index contributed by atoms with van der Waals surface area (Å²) < 4.78 is 10.6. The first kappa shape index (κ1) is 11.4. The molecule has 0 radical (unpaired) electrons. The maximum atomic E-state index is 5.76. The molecule has 0 unspecified atom stereocenters. The molecule has 1 heterocycles. The fourth-order valence-corrected chi connectivity index (χ4v) is 1.61. The zero-order valence-corrected chi connectivity index (χ0v) is 9.99. The summed E-state index contributed by atoms with van der Waals surface area (Å²) >= 11 is 0. The summed E-state index contributed by atoms with van der Waals surface area (Å²) in [5, 5.41) is 3.24. The van der Waals surface area contributed by atoms with E-state index in [0.717, 1.165) is 23.0 Å². The molecular formula is C13H16N2O2. The summed E-state index contributed by atoms with van der Waals surface area (Å²) in [5.74, 6) is 2.54. The second-order valence-electron chi connectivity index (χ2n) is 3.86. The van der Waals surface area contributed by atoms with Gasteiger partial charge in [-0.15, -0.1) is 0 Å². The van der Waals surface area contributed by atoms with Gasteiger partial charge in [0.1, 0.15) is 17.3 Å².